The third kappa shape index (κ3) is 4.92. The van der Waals surface area contributed by atoms with Gasteiger partial charge in [-0.3, -0.25) is 14.5 Å². The highest BCUT2D eigenvalue weighted by molar-refractivity contribution is 5.85. The molecule has 23 heavy (non-hydrogen) atoms. The van der Waals surface area contributed by atoms with Crippen molar-refractivity contribution >= 4 is 30.7 Å². The summed E-state index contributed by atoms with van der Waals surface area (Å²) in [6, 6.07) is 5.88. The molecule has 1 aliphatic heterocycles. The number of amides is 1. The fraction of sp³-hybridized carbons (Fsp3) is 0.400. The summed E-state index contributed by atoms with van der Waals surface area (Å²) in [6.45, 7) is 2.97. The first-order valence-corrected chi connectivity index (χ1v) is 7.22. The standard InChI is InChI=1S/C15H19N5O.2ClH/c21-15(4-9-19-8-2-6-18-19)20-10-7-17-12-14(20)13-3-1-5-16-11-13;;/h1-3,5-6,8,11,14,17H,4,7,9-10,12H2;2*1H. The fourth-order valence-electron chi connectivity index (χ4n) is 2.66. The van der Waals surface area contributed by atoms with Gasteiger partial charge in [0.25, 0.3) is 0 Å². The summed E-state index contributed by atoms with van der Waals surface area (Å²) in [7, 11) is 0. The van der Waals surface area contributed by atoms with Crippen LogP contribution in [-0.2, 0) is 11.3 Å². The number of carbonyl (C=O) groups is 1. The smallest absolute Gasteiger partial charge is 0.225 e. The number of rotatable bonds is 4. The van der Waals surface area contributed by atoms with Gasteiger partial charge in [-0.25, -0.2) is 0 Å². The number of carbonyl (C=O) groups excluding carboxylic acids is 1. The monoisotopic (exact) mass is 357 g/mol. The maximum absolute atomic E-state index is 12.5. The zero-order chi connectivity index (χ0) is 14.5. The Morgan fingerprint density at radius 1 is 1.30 bits per heavy atom. The summed E-state index contributed by atoms with van der Waals surface area (Å²) < 4.78 is 1.79. The quantitative estimate of drug-likeness (QED) is 0.904. The van der Waals surface area contributed by atoms with Crippen molar-refractivity contribution in [1.82, 2.24) is 25.0 Å². The van der Waals surface area contributed by atoms with Crippen LogP contribution >= 0.6 is 24.8 Å². The number of hydrogen-bond donors (Lipinski definition) is 1. The number of aryl methyl sites for hydroxylation is 1. The van der Waals surface area contributed by atoms with E-state index in [2.05, 4.69) is 15.4 Å². The molecule has 1 unspecified atom stereocenters. The molecule has 3 rings (SSSR count). The zero-order valence-corrected chi connectivity index (χ0v) is 14.3. The van der Waals surface area contributed by atoms with Crippen molar-refractivity contribution in [3.8, 4) is 0 Å². The molecule has 3 heterocycles. The Bertz CT molecular complexity index is 579. The van der Waals surface area contributed by atoms with E-state index < -0.39 is 0 Å². The molecule has 0 radical (unpaired) electrons. The molecule has 126 valence electrons. The Hall–Kier alpha value is -1.63. The van der Waals surface area contributed by atoms with Crippen LogP contribution in [0.4, 0.5) is 0 Å². The van der Waals surface area contributed by atoms with Gasteiger partial charge in [0, 0.05) is 57.4 Å². The molecule has 0 aliphatic carbocycles. The van der Waals surface area contributed by atoms with Crippen LogP contribution < -0.4 is 5.32 Å². The van der Waals surface area contributed by atoms with E-state index in [9.17, 15) is 4.79 Å². The molecule has 1 amide bonds. The predicted molar refractivity (Wildman–Crippen MR) is 92.9 cm³/mol. The molecule has 6 nitrogen and oxygen atoms in total. The van der Waals surface area contributed by atoms with Crippen LogP contribution in [-0.4, -0.2) is 45.2 Å². The van der Waals surface area contributed by atoms with Gasteiger partial charge < -0.3 is 10.2 Å². The Labute approximate surface area is 148 Å². The van der Waals surface area contributed by atoms with Crippen molar-refractivity contribution in [2.45, 2.75) is 19.0 Å². The Balaban J connectivity index is 0.00000132. The van der Waals surface area contributed by atoms with Gasteiger partial charge in [0.1, 0.15) is 0 Å². The number of nitrogens with one attached hydrogen (secondary N) is 1. The minimum absolute atomic E-state index is 0. The summed E-state index contributed by atoms with van der Waals surface area (Å²) in [6.07, 6.45) is 7.67. The molecule has 8 heteroatoms. The molecular formula is C15H21Cl2N5O. The third-order valence-corrected chi connectivity index (χ3v) is 3.75. The lowest BCUT2D eigenvalue weighted by Gasteiger charge is -2.36. The summed E-state index contributed by atoms with van der Waals surface area (Å²) >= 11 is 0. The minimum Gasteiger partial charge on any atom is -0.333 e. The SMILES string of the molecule is Cl.Cl.O=C(CCn1cccn1)N1CCNCC1c1cccnc1. The van der Waals surface area contributed by atoms with Crippen LogP contribution in [0.2, 0.25) is 0 Å². The molecular weight excluding hydrogens is 337 g/mol. The van der Waals surface area contributed by atoms with Crippen LogP contribution in [0.3, 0.4) is 0 Å². The maximum atomic E-state index is 12.5. The van der Waals surface area contributed by atoms with E-state index in [1.165, 1.54) is 0 Å². The van der Waals surface area contributed by atoms with Crippen molar-refractivity contribution in [2.24, 2.45) is 0 Å². The van der Waals surface area contributed by atoms with Gasteiger partial charge in [0.05, 0.1) is 6.04 Å². The number of halogens is 2. The van der Waals surface area contributed by atoms with E-state index in [4.69, 9.17) is 0 Å². The highest BCUT2D eigenvalue weighted by Crippen LogP contribution is 2.22. The first kappa shape index (κ1) is 19.4. The van der Waals surface area contributed by atoms with Gasteiger partial charge in [-0.05, 0) is 17.7 Å². The van der Waals surface area contributed by atoms with Gasteiger partial charge in [0.15, 0.2) is 0 Å². The molecule has 2 aromatic heterocycles. The second-order valence-corrected chi connectivity index (χ2v) is 5.11. The lowest BCUT2D eigenvalue weighted by molar-refractivity contribution is -0.134. The largest absolute Gasteiger partial charge is 0.333 e. The van der Waals surface area contributed by atoms with Crippen LogP contribution in [0, 0.1) is 0 Å². The average Bonchev–Trinajstić information content (AvgIpc) is 3.07. The second-order valence-electron chi connectivity index (χ2n) is 5.11. The number of aromatic nitrogens is 3. The van der Waals surface area contributed by atoms with E-state index >= 15 is 0 Å². The van der Waals surface area contributed by atoms with Gasteiger partial charge in [0.2, 0.25) is 5.91 Å². The van der Waals surface area contributed by atoms with Crippen molar-refractivity contribution < 1.29 is 4.79 Å². The van der Waals surface area contributed by atoms with Gasteiger partial charge in [-0.1, -0.05) is 6.07 Å². The van der Waals surface area contributed by atoms with E-state index in [1.807, 2.05) is 35.5 Å². The zero-order valence-electron chi connectivity index (χ0n) is 12.7. The molecule has 0 spiro atoms. The molecule has 2 aromatic rings. The molecule has 0 saturated carbocycles. The topological polar surface area (TPSA) is 63.1 Å². The van der Waals surface area contributed by atoms with Crippen LogP contribution in [0.15, 0.2) is 43.0 Å². The van der Waals surface area contributed by atoms with Crippen molar-refractivity contribution in [3.63, 3.8) is 0 Å². The Morgan fingerprint density at radius 2 is 2.17 bits per heavy atom. The van der Waals surface area contributed by atoms with E-state index in [0.717, 1.165) is 25.2 Å². The number of pyridine rings is 1. The first-order valence-electron chi connectivity index (χ1n) is 7.22. The summed E-state index contributed by atoms with van der Waals surface area (Å²) in [5.74, 6) is 0.167. The molecule has 0 bridgehead atoms. The minimum atomic E-state index is 0. The lowest BCUT2D eigenvalue weighted by atomic mass is 10.0. The van der Waals surface area contributed by atoms with Crippen LogP contribution in [0.25, 0.3) is 0 Å². The predicted octanol–water partition coefficient (Wildman–Crippen LogP) is 1.68. The summed E-state index contributed by atoms with van der Waals surface area (Å²) in [4.78, 5) is 18.6. The first-order chi connectivity index (χ1) is 10.3. The second kappa shape index (κ2) is 9.50. The molecule has 1 saturated heterocycles. The lowest BCUT2D eigenvalue weighted by Crippen LogP contribution is -2.48. The Kier molecular flexibility index (Phi) is 8.02. The van der Waals surface area contributed by atoms with E-state index in [1.54, 1.807) is 17.1 Å². The van der Waals surface area contributed by atoms with E-state index in [-0.39, 0.29) is 36.8 Å². The molecule has 1 N–H and O–H groups in total. The maximum Gasteiger partial charge on any atom is 0.225 e. The van der Waals surface area contributed by atoms with Crippen LogP contribution in [0.5, 0.6) is 0 Å². The normalized spacial score (nSPS) is 17.0. The molecule has 0 aromatic carbocycles. The number of hydrogen-bond acceptors (Lipinski definition) is 4. The molecule has 1 atom stereocenters. The van der Waals surface area contributed by atoms with Gasteiger partial charge >= 0.3 is 0 Å². The van der Waals surface area contributed by atoms with Crippen molar-refractivity contribution in [3.05, 3.63) is 48.5 Å². The van der Waals surface area contributed by atoms with Crippen molar-refractivity contribution in [2.75, 3.05) is 19.6 Å². The van der Waals surface area contributed by atoms with Crippen LogP contribution in [0.1, 0.15) is 18.0 Å². The van der Waals surface area contributed by atoms with Crippen molar-refractivity contribution in [1.29, 1.82) is 0 Å². The number of nitrogens with zero attached hydrogens (tertiary/aromatic N) is 4. The van der Waals surface area contributed by atoms with E-state index in [0.29, 0.717) is 13.0 Å². The number of piperazine rings is 1. The van der Waals surface area contributed by atoms with Gasteiger partial charge in [-0.2, -0.15) is 5.10 Å². The highest BCUT2D eigenvalue weighted by atomic mass is 35.5. The highest BCUT2D eigenvalue weighted by Gasteiger charge is 2.27. The third-order valence-electron chi connectivity index (χ3n) is 3.75. The van der Waals surface area contributed by atoms with Gasteiger partial charge in [-0.15, -0.1) is 24.8 Å². The molecule has 1 aliphatic rings. The molecule has 1 fully saturated rings. The summed E-state index contributed by atoms with van der Waals surface area (Å²) in [5, 5.41) is 7.48. The average molecular weight is 358 g/mol. The fourth-order valence-corrected chi connectivity index (χ4v) is 2.66. The summed E-state index contributed by atoms with van der Waals surface area (Å²) in [5.41, 5.74) is 1.08. The Morgan fingerprint density at radius 3 is 2.87 bits per heavy atom.